The molecule has 1 aliphatic heterocycles. The molecule has 1 saturated heterocycles. The molecular weight excluding hydrogens is 320 g/mol. The number of methoxy groups -OCH3 is 1. The molecule has 0 radical (unpaired) electrons. The van der Waals surface area contributed by atoms with Crippen molar-refractivity contribution in [1.29, 1.82) is 0 Å². The molecule has 0 saturated carbocycles. The number of anilines is 2. The van der Waals surface area contributed by atoms with Gasteiger partial charge in [0.15, 0.2) is 5.82 Å². The fourth-order valence-corrected chi connectivity index (χ4v) is 3.00. The van der Waals surface area contributed by atoms with Crippen molar-refractivity contribution in [3.05, 3.63) is 30.5 Å². The van der Waals surface area contributed by atoms with Gasteiger partial charge in [0.1, 0.15) is 12.1 Å². The van der Waals surface area contributed by atoms with Crippen molar-refractivity contribution in [3.8, 4) is 5.88 Å². The second kappa shape index (κ2) is 6.50. The summed E-state index contributed by atoms with van der Waals surface area (Å²) in [5.41, 5.74) is 1.02. The minimum absolute atomic E-state index is 0.533. The van der Waals surface area contributed by atoms with Crippen LogP contribution >= 0.6 is 0 Å². The van der Waals surface area contributed by atoms with Crippen molar-refractivity contribution < 1.29 is 4.74 Å². The van der Waals surface area contributed by atoms with Crippen LogP contribution in [-0.2, 0) is 6.42 Å². The largest absolute Gasteiger partial charge is 0.480 e. The summed E-state index contributed by atoms with van der Waals surface area (Å²) in [6.45, 7) is 5.52. The number of fused-ring (bicyclic) bond motifs is 1. The number of aromatic nitrogens is 6. The lowest BCUT2D eigenvalue weighted by Crippen LogP contribution is -2.47. The Hall–Kier alpha value is -2.97. The first-order chi connectivity index (χ1) is 12.3. The lowest BCUT2D eigenvalue weighted by molar-refractivity contribution is 0.395. The monoisotopic (exact) mass is 340 g/mol. The summed E-state index contributed by atoms with van der Waals surface area (Å²) in [7, 11) is 1.60. The molecule has 4 rings (SSSR count). The Bertz CT molecular complexity index is 871. The summed E-state index contributed by atoms with van der Waals surface area (Å²) in [5, 5.41) is 4.32. The first kappa shape index (κ1) is 15.6. The van der Waals surface area contributed by atoms with Crippen molar-refractivity contribution in [2.24, 2.45) is 0 Å². The van der Waals surface area contributed by atoms with Crippen LogP contribution in [0.4, 0.5) is 11.6 Å². The summed E-state index contributed by atoms with van der Waals surface area (Å²) >= 11 is 0. The van der Waals surface area contributed by atoms with E-state index in [9.17, 15) is 0 Å². The number of hydrogen-bond donors (Lipinski definition) is 0. The smallest absolute Gasteiger partial charge is 0.254 e. The summed E-state index contributed by atoms with van der Waals surface area (Å²) in [4.78, 5) is 21.9. The molecule has 0 spiro atoms. The molecule has 0 N–H and O–H groups in total. The van der Waals surface area contributed by atoms with Crippen LogP contribution in [0.1, 0.15) is 12.6 Å². The van der Waals surface area contributed by atoms with Crippen molar-refractivity contribution in [2.45, 2.75) is 13.3 Å². The molecule has 1 fully saturated rings. The average Bonchev–Trinajstić information content (AvgIpc) is 3.16. The van der Waals surface area contributed by atoms with Gasteiger partial charge in [-0.2, -0.15) is 19.6 Å². The highest BCUT2D eigenvalue weighted by atomic mass is 16.5. The second-order valence-electron chi connectivity index (χ2n) is 5.82. The molecule has 4 heterocycles. The minimum Gasteiger partial charge on any atom is -0.480 e. The van der Waals surface area contributed by atoms with Gasteiger partial charge in [0.2, 0.25) is 5.88 Å². The third-order valence-corrected chi connectivity index (χ3v) is 4.38. The van der Waals surface area contributed by atoms with Crippen molar-refractivity contribution in [1.82, 2.24) is 29.5 Å². The van der Waals surface area contributed by atoms with Crippen LogP contribution in [0, 0.1) is 0 Å². The highest BCUT2D eigenvalue weighted by Gasteiger charge is 2.21. The molecule has 0 aliphatic carbocycles. The Morgan fingerprint density at radius 1 is 1.08 bits per heavy atom. The Morgan fingerprint density at radius 2 is 1.88 bits per heavy atom. The highest BCUT2D eigenvalue weighted by Crippen LogP contribution is 2.21. The van der Waals surface area contributed by atoms with Crippen molar-refractivity contribution in [2.75, 3.05) is 43.1 Å². The number of ether oxygens (including phenoxy) is 1. The number of hydrogen-bond acceptors (Lipinski definition) is 8. The van der Waals surface area contributed by atoms with E-state index < -0.39 is 0 Å². The summed E-state index contributed by atoms with van der Waals surface area (Å²) in [5.74, 6) is 3.06. The molecule has 9 heteroatoms. The zero-order valence-electron chi connectivity index (χ0n) is 14.3. The van der Waals surface area contributed by atoms with Crippen LogP contribution in [0.5, 0.6) is 5.88 Å². The van der Waals surface area contributed by atoms with Gasteiger partial charge in [0.25, 0.3) is 5.78 Å². The number of nitrogens with zero attached hydrogens (tertiary/aromatic N) is 8. The standard InChI is InChI=1S/C16H20N8O/c1-3-12-8-15(24-16(20-12)18-11-19-24)23-6-4-22(5-7-23)13-9-17-10-14(21-13)25-2/h8-11H,3-7H2,1-2H3. The van der Waals surface area contributed by atoms with Gasteiger partial charge in [0.05, 0.1) is 19.5 Å². The van der Waals surface area contributed by atoms with Crippen molar-refractivity contribution in [3.63, 3.8) is 0 Å². The van der Waals surface area contributed by atoms with Gasteiger partial charge in [-0.15, -0.1) is 0 Å². The van der Waals surface area contributed by atoms with E-state index in [2.05, 4.69) is 47.8 Å². The van der Waals surface area contributed by atoms with Crippen molar-refractivity contribution >= 4 is 17.4 Å². The predicted octanol–water partition coefficient (Wildman–Crippen LogP) is 0.812. The molecule has 0 unspecified atom stereocenters. The maximum absolute atomic E-state index is 5.16. The molecule has 130 valence electrons. The molecule has 0 atom stereocenters. The molecule has 9 nitrogen and oxygen atoms in total. The van der Waals surface area contributed by atoms with Crippen LogP contribution in [0.2, 0.25) is 0 Å². The second-order valence-corrected chi connectivity index (χ2v) is 5.82. The van der Waals surface area contributed by atoms with Crippen LogP contribution in [0.3, 0.4) is 0 Å². The van der Waals surface area contributed by atoms with Crippen LogP contribution in [0.25, 0.3) is 5.78 Å². The number of rotatable bonds is 4. The van der Waals surface area contributed by atoms with Gasteiger partial charge in [0, 0.05) is 37.9 Å². The number of piperazine rings is 1. The van der Waals surface area contributed by atoms with Crippen LogP contribution < -0.4 is 14.5 Å². The van der Waals surface area contributed by atoms with Gasteiger partial charge >= 0.3 is 0 Å². The Balaban J connectivity index is 1.55. The fraction of sp³-hybridized carbons (Fsp3) is 0.438. The lowest BCUT2D eigenvalue weighted by atomic mass is 10.2. The first-order valence-corrected chi connectivity index (χ1v) is 8.34. The molecule has 3 aromatic rings. The fourth-order valence-electron chi connectivity index (χ4n) is 3.00. The van der Waals surface area contributed by atoms with Gasteiger partial charge in [-0.25, -0.2) is 4.98 Å². The summed E-state index contributed by atoms with van der Waals surface area (Å²) < 4.78 is 6.97. The maximum Gasteiger partial charge on any atom is 0.254 e. The van der Waals surface area contributed by atoms with E-state index in [4.69, 9.17) is 4.74 Å². The maximum atomic E-state index is 5.16. The average molecular weight is 340 g/mol. The minimum atomic E-state index is 0.533. The Kier molecular flexibility index (Phi) is 4.04. The summed E-state index contributed by atoms with van der Waals surface area (Å²) in [6, 6.07) is 2.10. The predicted molar refractivity (Wildman–Crippen MR) is 93.2 cm³/mol. The van der Waals surface area contributed by atoms with Crippen LogP contribution in [-0.4, -0.2) is 62.8 Å². The quantitative estimate of drug-likeness (QED) is 0.690. The highest BCUT2D eigenvalue weighted by molar-refractivity contribution is 5.49. The van der Waals surface area contributed by atoms with E-state index in [0.29, 0.717) is 11.7 Å². The van der Waals surface area contributed by atoms with E-state index in [0.717, 1.165) is 49.9 Å². The molecule has 0 amide bonds. The zero-order chi connectivity index (χ0) is 17.2. The molecule has 3 aromatic heterocycles. The van der Waals surface area contributed by atoms with Gasteiger partial charge < -0.3 is 14.5 Å². The molecule has 0 aromatic carbocycles. The van der Waals surface area contributed by atoms with E-state index in [1.807, 2.05) is 0 Å². The number of aryl methyl sites for hydroxylation is 1. The van der Waals surface area contributed by atoms with E-state index in [1.54, 1.807) is 30.3 Å². The zero-order valence-corrected chi connectivity index (χ0v) is 14.3. The summed E-state index contributed by atoms with van der Waals surface area (Å²) in [6.07, 6.45) is 5.81. The van der Waals surface area contributed by atoms with Crippen LogP contribution in [0.15, 0.2) is 24.8 Å². The van der Waals surface area contributed by atoms with E-state index >= 15 is 0 Å². The molecule has 1 aliphatic rings. The molecular formula is C16H20N8O. The first-order valence-electron chi connectivity index (χ1n) is 8.34. The normalized spacial score (nSPS) is 15.0. The third-order valence-electron chi connectivity index (χ3n) is 4.38. The molecule has 0 bridgehead atoms. The third kappa shape index (κ3) is 2.92. The SMILES string of the molecule is CCc1cc(N2CCN(c3cncc(OC)n3)CC2)n2ncnc2n1. The van der Waals surface area contributed by atoms with Gasteiger partial charge in [-0.1, -0.05) is 6.92 Å². The molecule has 25 heavy (non-hydrogen) atoms. The lowest BCUT2D eigenvalue weighted by Gasteiger charge is -2.36. The Labute approximate surface area is 145 Å². The topological polar surface area (TPSA) is 84.6 Å². The van der Waals surface area contributed by atoms with E-state index in [-0.39, 0.29) is 0 Å². The van der Waals surface area contributed by atoms with Gasteiger partial charge in [-0.05, 0) is 6.42 Å². The van der Waals surface area contributed by atoms with E-state index in [1.165, 1.54) is 0 Å². The Morgan fingerprint density at radius 3 is 2.64 bits per heavy atom. The van der Waals surface area contributed by atoms with Gasteiger partial charge in [-0.3, -0.25) is 4.98 Å².